The Morgan fingerprint density at radius 2 is 1.73 bits per heavy atom. The Kier molecular flexibility index (Phi) is 9.33. The highest BCUT2D eigenvalue weighted by molar-refractivity contribution is 6.30. The molecule has 0 saturated heterocycles. The van der Waals surface area contributed by atoms with E-state index in [4.69, 9.17) is 21.1 Å². The van der Waals surface area contributed by atoms with Crippen LogP contribution in [0.1, 0.15) is 47.3 Å². The molecule has 5 rings (SSSR count). The fraction of sp³-hybridized carbons (Fsp3) is 0.281. The second-order valence-corrected chi connectivity index (χ2v) is 10.5. The molecule has 2 atom stereocenters. The van der Waals surface area contributed by atoms with Gasteiger partial charge in [0.2, 0.25) is 11.8 Å². The van der Waals surface area contributed by atoms with Gasteiger partial charge in [0, 0.05) is 11.1 Å². The summed E-state index contributed by atoms with van der Waals surface area (Å²) in [4.78, 5) is 24.8. The largest absolute Gasteiger partial charge is 0.476 e. The molecule has 1 aromatic heterocycles. The third-order valence-electron chi connectivity index (χ3n) is 7.14. The molecule has 0 bridgehead atoms. The quantitative estimate of drug-likeness (QED) is 0.224. The number of carbonyl (C=O) groups excluding carboxylic acids is 1. The molecule has 212 valence electrons. The topological polar surface area (TPSA) is 103 Å². The summed E-state index contributed by atoms with van der Waals surface area (Å²) in [6.45, 7) is 0.446. The molecule has 1 aliphatic rings. The summed E-state index contributed by atoms with van der Waals surface area (Å²) in [7, 11) is 0. The number of amides is 1. The van der Waals surface area contributed by atoms with Gasteiger partial charge in [-0.1, -0.05) is 91.2 Å². The number of hydrogen-bond donors (Lipinski definition) is 2. The van der Waals surface area contributed by atoms with Crippen molar-refractivity contribution in [1.29, 1.82) is 0 Å². The Balaban J connectivity index is 1.26. The minimum absolute atomic E-state index is 0.0983. The Morgan fingerprint density at radius 1 is 0.951 bits per heavy atom. The molecule has 3 aromatic carbocycles. The molecule has 1 heterocycles. The first-order valence-electron chi connectivity index (χ1n) is 13.7. The summed E-state index contributed by atoms with van der Waals surface area (Å²) < 4.78 is 13.5. The summed E-state index contributed by atoms with van der Waals surface area (Å²) in [5.74, 6) is -1.29. The Hall–Kier alpha value is -4.14. The molecule has 1 fully saturated rings. The van der Waals surface area contributed by atoms with Crippen LogP contribution in [0.5, 0.6) is 5.88 Å². The maximum atomic E-state index is 13.1. The molecule has 0 spiro atoms. The van der Waals surface area contributed by atoms with Crippen LogP contribution in [0.4, 0.5) is 0 Å². The lowest BCUT2D eigenvalue weighted by molar-refractivity contribution is -0.124. The molecule has 8 nitrogen and oxygen atoms in total. The predicted molar refractivity (Wildman–Crippen MR) is 156 cm³/mol. The van der Waals surface area contributed by atoms with Gasteiger partial charge in [0.1, 0.15) is 13.2 Å². The zero-order chi connectivity index (χ0) is 28.6. The van der Waals surface area contributed by atoms with E-state index in [1.807, 2.05) is 78.9 Å². The monoisotopic (exact) mass is 573 g/mol. The molecule has 0 radical (unpaired) electrons. The molecule has 1 saturated carbocycles. The van der Waals surface area contributed by atoms with Gasteiger partial charge in [0.25, 0.3) is 0 Å². The number of carboxylic acids is 1. The van der Waals surface area contributed by atoms with Crippen LogP contribution in [0.15, 0.2) is 84.9 Å². The number of halogens is 1. The maximum absolute atomic E-state index is 13.1. The van der Waals surface area contributed by atoms with E-state index < -0.39 is 5.97 Å². The maximum Gasteiger partial charge on any atom is 0.356 e. The highest BCUT2D eigenvalue weighted by Gasteiger charge is 2.28. The zero-order valence-corrected chi connectivity index (χ0v) is 23.3. The van der Waals surface area contributed by atoms with Gasteiger partial charge in [-0.25, -0.2) is 9.48 Å². The Bertz CT molecular complexity index is 1490. The third-order valence-corrected chi connectivity index (χ3v) is 7.38. The van der Waals surface area contributed by atoms with Crippen molar-refractivity contribution in [3.8, 4) is 17.0 Å². The standard InChI is InChI=1S/C32H32ClN3O5/c33-25-13-8-12-23(17-25)26-14-5-4-11-24(26)21-41-31-18-28(32(38)39)35-36(31)19-30(37)34-27-15-6-7-16-29(27)40-20-22-9-2-1-3-10-22/h1-5,8-14,17-18,27,29H,6-7,15-16,19-21H2,(H,34,37)(H,38,39)/t27-,29-/m0/s1. The molecule has 1 amide bonds. The van der Waals surface area contributed by atoms with Crippen LogP contribution in [-0.2, 0) is 29.3 Å². The summed E-state index contributed by atoms with van der Waals surface area (Å²) in [6, 6.07) is 26.4. The first-order chi connectivity index (χ1) is 20.0. The van der Waals surface area contributed by atoms with Crippen molar-refractivity contribution in [2.75, 3.05) is 0 Å². The second-order valence-electron chi connectivity index (χ2n) is 10.1. The summed E-state index contributed by atoms with van der Waals surface area (Å²) in [6.07, 6.45) is 3.62. The summed E-state index contributed by atoms with van der Waals surface area (Å²) in [5.41, 5.74) is 3.64. The van der Waals surface area contributed by atoms with E-state index in [-0.39, 0.29) is 42.8 Å². The van der Waals surface area contributed by atoms with Crippen molar-refractivity contribution in [2.24, 2.45) is 0 Å². The van der Waals surface area contributed by atoms with E-state index in [0.29, 0.717) is 11.6 Å². The number of nitrogens with one attached hydrogen (secondary N) is 1. The number of nitrogens with zero attached hydrogens (tertiary/aromatic N) is 2. The van der Waals surface area contributed by atoms with Crippen molar-refractivity contribution < 1.29 is 24.2 Å². The minimum atomic E-state index is -1.20. The zero-order valence-electron chi connectivity index (χ0n) is 22.5. The van der Waals surface area contributed by atoms with Crippen molar-refractivity contribution in [3.05, 3.63) is 107 Å². The summed E-state index contributed by atoms with van der Waals surface area (Å²) >= 11 is 6.20. The van der Waals surface area contributed by atoms with E-state index >= 15 is 0 Å². The van der Waals surface area contributed by atoms with Crippen LogP contribution in [0.25, 0.3) is 11.1 Å². The van der Waals surface area contributed by atoms with E-state index in [1.54, 1.807) is 0 Å². The van der Waals surface area contributed by atoms with Crippen LogP contribution in [0.3, 0.4) is 0 Å². The van der Waals surface area contributed by atoms with E-state index in [9.17, 15) is 14.7 Å². The Morgan fingerprint density at radius 3 is 2.54 bits per heavy atom. The molecule has 0 unspecified atom stereocenters. The molecule has 1 aliphatic carbocycles. The number of aromatic nitrogens is 2. The van der Waals surface area contributed by atoms with Crippen LogP contribution in [0, 0.1) is 0 Å². The number of rotatable bonds is 11. The van der Waals surface area contributed by atoms with Crippen LogP contribution >= 0.6 is 11.6 Å². The smallest absolute Gasteiger partial charge is 0.356 e. The minimum Gasteiger partial charge on any atom is -0.476 e. The van der Waals surface area contributed by atoms with Crippen LogP contribution < -0.4 is 10.1 Å². The molecule has 4 aromatic rings. The molecule has 9 heteroatoms. The molecule has 0 aliphatic heterocycles. The Labute approximate surface area is 243 Å². The number of benzene rings is 3. The normalized spacial score (nSPS) is 16.7. The number of carboxylic acid groups (broad SMARTS) is 1. The van der Waals surface area contributed by atoms with Crippen molar-refractivity contribution >= 4 is 23.5 Å². The first-order valence-corrected chi connectivity index (χ1v) is 14.1. The van der Waals surface area contributed by atoms with Gasteiger partial charge in [0.15, 0.2) is 5.69 Å². The number of hydrogen-bond acceptors (Lipinski definition) is 5. The molecular formula is C32H32ClN3O5. The fourth-order valence-corrected chi connectivity index (χ4v) is 5.29. The van der Waals surface area contributed by atoms with Crippen molar-refractivity contribution in [2.45, 2.75) is 57.6 Å². The fourth-order valence-electron chi connectivity index (χ4n) is 5.10. The highest BCUT2D eigenvalue weighted by Crippen LogP contribution is 2.28. The lowest BCUT2D eigenvalue weighted by Crippen LogP contribution is -2.47. The van der Waals surface area contributed by atoms with Gasteiger partial charge in [-0.15, -0.1) is 0 Å². The third kappa shape index (κ3) is 7.54. The van der Waals surface area contributed by atoms with E-state index in [1.165, 1.54) is 10.7 Å². The highest BCUT2D eigenvalue weighted by atomic mass is 35.5. The molecule has 2 N–H and O–H groups in total. The van der Waals surface area contributed by atoms with Gasteiger partial charge in [-0.3, -0.25) is 4.79 Å². The summed E-state index contributed by atoms with van der Waals surface area (Å²) in [5, 5.41) is 17.4. The SMILES string of the molecule is O=C(Cn1nc(C(=O)O)cc1OCc1ccccc1-c1cccc(Cl)c1)N[C@H]1CCCC[C@@H]1OCc1ccccc1. The lowest BCUT2D eigenvalue weighted by atomic mass is 9.92. The molecular weight excluding hydrogens is 542 g/mol. The van der Waals surface area contributed by atoms with Crippen LogP contribution in [0.2, 0.25) is 5.02 Å². The first kappa shape index (κ1) is 28.4. The average Bonchev–Trinajstić information content (AvgIpc) is 3.39. The predicted octanol–water partition coefficient (Wildman–Crippen LogP) is 6.12. The van der Waals surface area contributed by atoms with Crippen molar-refractivity contribution in [1.82, 2.24) is 15.1 Å². The van der Waals surface area contributed by atoms with Gasteiger partial charge in [-0.2, -0.15) is 5.10 Å². The number of aromatic carboxylic acids is 1. The van der Waals surface area contributed by atoms with Gasteiger partial charge in [-0.05, 0) is 47.2 Å². The molecule has 41 heavy (non-hydrogen) atoms. The average molecular weight is 574 g/mol. The number of ether oxygens (including phenoxy) is 2. The van der Waals surface area contributed by atoms with Gasteiger partial charge < -0.3 is 19.9 Å². The van der Waals surface area contributed by atoms with E-state index in [2.05, 4.69) is 10.4 Å². The lowest BCUT2D eigenvalue weighted by Gasteiger charge is -2.32. The van der Waals surface area contributed by atoms with Gasteiger partial charge in [0.05, 0.1) is 18.8 Å². The number of carbonyl (C=O) groups is 2. The second kappa shape index (κ2) is 13.5. The van der Waals surface area contributed by atoms with E-state index in [0.717, 1.165) is 47.9 Å². The van der Waals surface area contributed by atoms with Gasteiger partial charge >= 0.3 is 5.97 Å². The van der Waals surface area contributed by atoms with Crippen molar-refractivity contribution in [3.63, 3.8) is 0 Å². The van der Waals surface area contributed by atoms with Crippen LogP contribution in [-0.4, -0.2) is 38.9 Å².